The minimum Gasteiger partial charge on any atom is -0.508 e. The van der Waals surface area contributed by atoms with Gasteiger partial charge in [0.15, 0.2) is 0 Å². The SMILES string of the molecule is CC(NC(=O)c1ccc(-n2cccc2)cc1)C(O)c1ccc(O)cc1. The van der Waals surface area contributed by atoms with Crippen molar-refractivity contribution < 1.29 is 15.0 Å². The van der Waals surface area contributed by atoms with Gasteiger partial charge in [-0.1, -0.05) is 12.1 Å². The van der Waals surface area contributed by atoms with Crippen molar-refractivity contribution in [1.82, 2.24) is 9.88 Å². The van der Waals surface area contributed by atoms with E-state index in [0.29, 0.717) is 11.1 Å². The van der Waals surface area contributed by atoms with Gasteiger partial charge in [-0.15, -0.1) is 0 Å². The van der Waals surface area contributed by atoms with Gasteiger partial charge >= 0.3 is 0 Å². The fourth-order valence-corrected chi connectivity index (χ4v) is 2.62. The first-order valence-corrected chi connectivity index (χ1v) is 8.06. The molecule has 5 heteroatoms. The predicted molar refractivity (Wildman–Crippen MR) is 95.8 cm³/mol. The number of carbonyl (C=O) groups is 1. The molecule has 0 fully saturated rings. The number of hydrogen-bond donors (Lipinski definition) is 3. The molecule has 1 aromatic heterocycles. The minimum atomic E-state index is -0.858. The molecule has 0 bridgehead atoms. The first-order chi connectivity index (χ1) is 12.0. The van der Waals surface area contributed by atoms with Crippen LogP contribution in [0.1, 0.15) is 28.9 Å². The lowest BCUT2D eigenvalue weighted by Crippen LogP contribution is -2.37. The first-order valence-electron chi connectivity index (χ1n) is 8.06. The van der Waals surface area contributed by atoms with E-state index in [-0.39, 0.29) is 11.7 Å². The summed E-state index contributed by atoms with van der Waals surface area (Å²) in [5, 5.41) is 22.5. The topological polar surface area (TPSA) is 74.5 Å². The maximum absolute atomic E-state index is 12.4. The average molecular weight is 336 g/mol. The summed E-state index contributed by atoms with van der Waals surface area (Å²) in [5.74, 6) is -0.111. The number of aliphatic hydroxyl groups excluding tert-OH is 1. The molecule has 128 valence electrons. The molecule has 0 aliphatic carbocycles. The molecule has 5 nitrogen and oxygen atoms in total. The normalized spacial score (nSPS) is 13.2. The van der Waals surface area contributed by atoms with Crippen molar-refractivity contribution in [3.63, 3.8) is 0 Å². The lowest BCUT2D eigenvalue weighted by atomic mass is 10.0. The largest absolute Gasteiger partial charge is 0.508 e. The summed E-state index contributed by atoms with van der Waals surface area (Å²) in [5.41, 5.74) is 2.13. The zero-order valence-corrected chi connectivity index (χ0v) is 13.8. The second-order valence-electron chi connectivity index (χ2n) is 5.94. The number of rotatable bonds is 5. The van der Waals surface area contributed by atoms with Crippen molar-refractivity contribution >= 4 is 5.91 Å². The van der Waals surface area contributed by atoms with Crippen LogP contribution in [-0.4, -0.2) is 26.7 Å². The van der Waals surface area contributed by atoms with Gasteiger partial charge in [0.25, 0.3) is 5.91 Å². The highest BCUT2D eigenvalue weighted by Gasteiger charge is 2.19. The van der Waals surface area contributed by atoms with Crippen LogP contribution in [0.3, 0.4) is 0 Å². The van der Waals surface area contributed by atoms with Gasteiger partial charge in [-0.05, 0) is 61.0 Å². The molecule has 2 unspecified atom stereocenters. The van der Waals surface area contributed by atoms with Crippen molar-refractivity contribution in [1.29, 1.82) is 0 Å². The molecule has 0 radical (unpaired) electrons. The highest BCUT2D eigenvalue weighted by Crippen LogP contribution is 2.20. The van der Waals surface area contributed by atoms with E-state index in [1.807, 2.05) is 41.2 Å². The number of amides is 1. The van der Waals surface area contributed by atoms with Crippen LogP contribution in [0.4, 0.5) is 0 Å². The molecule has 25 heavy (non-hydrogen) atoms. The summed E-state index contributed by atoms with van der Waals surface area (Å²) in [6.07, 6.45) is 3.01. The van der Waals surface area contributed by atoms with Gasteiger partial charge in [-0.2, -0.15) is 0 Å². The molecule has 3 N–H and O–H groups in total. The number of carbonyl (C=O) groups excluding carboxylic acids is 1. The summed E-state index contributed by atoms with van der Waals surface area (Å²) in [6, 6.07) is 16.9. The Kier molecular flexibility index (Phi) is 4.86. The average Bonchev–Trinajstić information content (AvgIpc) is 3.16. The quantitative estimate of drug-likeness (QED) is 0.670. The highest BCUT2D eigenvalue weighted by molar-refractivity contribution is 5.94. The summed E-state index contributed by atoms with van der Waals surface area (Å²) < 4.78 is 1.96. The summed E-state index contributed by atoms with van der Waals surface area (Å²) >= 11 is 0. The number of aromatic hydroxyl groups is 1. The Morgan fingerprint density at radius 2 is 1.60 bits per heavy atom. The van der Waals surface area contributed by atoms with E-state index in [1.54, 1.807) is 31.2 Å². The molecule has 3 aromatic rings. The van der Waals surface area contributed by atoms with Crippen LogP contribution in [-0.2, 0) is 0 Å². The second kappa shape index (κ2) is 7.23. The molecule has 0 spiro atoms. The summed E-state index contributed by atoms with van der Waals surface area (Å²) in [6.45, 7) is 1.74. The predicted octanol–water partition coefficient (Wildman–Crippen LogP) is 3.03. The Morgan fingerprint density at radius 1 is 1.00 bits per heavy atom. The lowest BCUT2D eigenvalue weighted by molar-refractivity contribution is 0.0852. The van der Waals surface area contributed by atoms with Gasteiger partial charge < -0.3 is 20.1 Å². The van der Waals surface area contributed by atoms with Crippen molar-refractivity contribution in [3.05, 3.63) is 84.2 Å². The van der Waals surface area contributed by atoms with Gasteiger partial charge in [0.05, 0.1) is 12.1 Å². The standard InChI is InChI=1S/C20H20N2O3/c1-14(19(24)15-6-10-18(23)11-7-15)21-20(25)16-4-8-17(9-5-16)22-12-2-3-13-22/h2-14,19,23-24H,1H3,(H,21,25). The number of benzene rings is 2. The van der Waals surface area contributed by atoms with Gasteiger partial charge in [-0.25, -0.2) is 0 Å². The monoisotopic (exact) mass is 336 g/mol. The molecule has 0 saturated carbocycles. The number of phenolic OH excluding ortho intramolecular Hbond substituents is 1. The van der Waals surface area contributed by atoms with Crippen LogP contribution in [0.25, 0.3) is 5.69 Å². The van der Waals surface area contributed by atoms with E-state index < -0.39 is 12.1 Å². The number of nitrogens with zero attached hydrogens (tertiary/aromatic N) is 1. The van der Waals surface area contributed by atoms with E-state index in [0.717, 1.165) is 5.69 Å². The summed E-state index contributed by atoms with van der Waals surface area (Å²) in [4.78, 5) is 12.4. The van der Waals surface area contributed by atoms with Crippen LogP contribution in [0.2, 0.25) is 0 Å². The minimum absolute atomic E-state index is 0.135. The number of phenols is 1. The second-order valence-corrected chi connectivity index (χ2v) is 5.94. The molecule has 3 rings (SSSR count). The van der Waals surface area contributed by atoms with Crippen LogP contribution >= 0.6 is 0 Å². The van der Waals surface area contributed by atoms with Gasteiger partial charge in [0.2, 0.25) is 0 Å². The fourth-order valence-electron chi connectivity index (χ4n) is 2.62. The molecule has 0 aliphatic heterocycles. The first kappa shape index (κ1) is 16.8. The lowest BCUT2D eigenvalue weighted by Gasteiger charge is -2.21. The Hall–Kier alpha value is -3.05. The van der Waals surface area contributed by atoms with Crippen molar-refractivity contribution in [2.24, 2.45) is 0 Å². The molecule has 1 heterocycles. The zero-order valence-electron chi connectivity index (χ0n) is 13.8. The Labute approximate surface area is 146 Å². The molecule has 2 atom stereocenters. The number of nitrogens with one attached hydrogen (secondary N) is 1. The summed E-state index contributed by atoms with van der Waals surface area (Å²) in [7, 11) is 0. The molecular formula is C20H20N2O3. The van der Waals surface area contributed by atoms with Crippen molar-refractivity contribution in [3.8, 4) is 11.4 Å². The maximum Gasteiger partial charge on any atom is 0.251 e. The third-order valence-corrected chi connectivity index (χ3v) is 4.10. The van der Waals surface area contributed by atoms with Crippen LogP contribution in [0, 0.1) is 0 Å². The number of aliphatic hydroxyl groups is 1. The van der Waals surface area contributed by atoms with E-state index in [2.05, 4.69) is 5.32 Å². The van der Waals surface area contributed by atoms with Crippen LogP contribution < -0.4 is 5.32 Å². The molecule has 1 amide bonds. The Morgan fingerprint density at radius 3 is 2.20 bits per heavy atom. The number of aromatic nitrogens is 1. The number of hydrogen-bond acceptors (Lipinski definition) is 3. The molecule has 2 aromatic carbocycles. The van der Waals surface area contributed by atoms with Crippen molar-refractivity contribution in [2.45, 2.75) is 19.1 Å². The molecule has 0 saturated heterocycles. The highest BCUT2D eigenvalue weighted by atomic mass is 16.3. The zero-order chi connectivity index (χ0) is 17.8. The molecular weight excluding hydrogens is 316 g/mol. The van der Waals surface area contributed by atoms with Gasteiger partial charge in [0.1, 0.15) is 5.75 Å². The third kappa shape index (κ3) is 3.89. The van der Waals surface area contributed by atoms with E-state index in [4.69, 9.17) is 0 Å². The van der Waals surface area contributed by atoms with E-state index in [9.17, 15) is 15.0 Å². The fraction of sp³-hybridized carbons (Fsp3) is 0.150. The van der Waals surface area contributed by atoms with E-state index in [1.165, 1.54) is 12.1 Å². The Bertz CT molecular complexity index is 824. The van der Waals surface area contributed by atoms with Gasteiger partial charge in [0, 0.05) is 23.6 Å². The smallest absolute Gasteiger partial charge is 0.251 e. The van der Waals surface area contributed by atoms with E-state index >= 15 is 0 Å². The van der Waals surface area contributed by atoms with Crippen LogP contribution in [0.15, 0.2) is 73.1 Å². The van der Waals surface area contributed by atoms with Crippen LogP contribution in [0.5, 0.6) is 5.75 Å². The molecule has 0 aliphatic rings. The third-order valence-electron chi connectivity index (χ3n) is 4.10. The van der Waals surface area contributed by atoms with Crippen molar-refractivity contribution in [2.75, 3.05) is 0 Å². The maximum atomic E-state index is 12.4. The van der Waals surface area contributed by atoms with Gasteiger partial charge in [-0.3, -0.25) is 4.79 Å². The Balaban J connectivity index is 1.65.